The van der Waals surface area contributed by atoms with Crippen molar-refractivity contribution in [2.45, 2.75) is 118 Å². The number of hydrogen-bond donors (Lipinski definition) is 5. The molecule has 2 unspecified atom stereocenters. The van der Waals surface area contributed by atoms with E-state index in [1.54, 1.807) is 38.9 Å². The number of carbonyl (C=O) groups excluding carboxylic acids is 3. The Bertz CT molecular complexity index is 2780. The predicted molar refractivity (Wildman–Crippen MR) is 276 cm³/mol. The molecule has 0 aliphatic carbocycles. The molecule has 0 bridgehead atoms. The molecule has 0 saturated heterocycles. The van der Waals surface area contributed by atoms with Gasteiger partial charge in [-0.25, -0.2) is 14.8 Å². The molecule has 3 amide bonds. The van der Waals surface area contributed by atoms with Crippen LogP contribution in [-0.2, 0) is 40.3 Å². The number of thiophene rings is 2. The van der Waals surface area contributed by atoms with Crippen LogP contribution in [0.1, 0.15) is 95.0 Å². The highest BCUT2D eigenvalue weighted by Crippen LogP contribution is 2.49. The fraction of sp³-hybridized carbons (Fsp3) is 0.490. The van der Waals surface area contributed by atoms with Crippen LogP contribution in [0.3, 0.4) is 0 Å². The van der Waals surface area contributed by atoms with E-state index in [0.29, 0.717) is 63.3 Å². The number of benzene rings is 2. The van der Waals surface area contributed by atoms with E-state index in [1.807, 2.05) is 45.0 Å². The lowest BCUT2D eigenvalue weighted by Crippen LogP contribution is -2.39. The summed E-state index contributed by atoms with van der Waals surface area (Å²) in [6.45, 7) is 18.6. The lowest BCUT2D eigenvalue weighted by molar-refractivity contribution is -0.116. The van der Waals surface area contributed by atoms with Gasteiger partial charge in [0.15, 0.2) is 23.0 Å². The highest BCUT2D eigenvalue weighted by molar-refractivity contribution is 7.23. The summed E-state index contributed by atoms with van der Waals surface area (Å²) in [6, 6.07) is 8.58. The fourth-order valence-electron chi connectivity index (χ4n) is 8.23. The number of nitrogens with zero attached hydrogens (tertiary/aromatic N) is 3. The molecule has 4 aliphatic heterocycles. The molecule has 0 spiro atoms. The Morgan fingerprint density at radius 1 is 0.725 bits per heavy atom. The van der Waals surface area contributed by atoms with E-state index in [0.717, 1.165) is 112 Å². The maximum absolute atomic E-state index is 12.9. The molecule has 4 aliphatic rings. The molecule has 5 N–H and O–H groups in total. The molecule has 0 saturated carbocycles. The Balaban J connectivity index is 0.000000175. The number of aromatic nitrogens is 2. The summed E-state index contributed by atoms with van der Waals surface area (Å²) in [5.74, 6) is 2.90. The van der Waals surface area contributed by atoms with Gasteiger partial charge >= 0.3 is 6.09 Å². The Hall–Kier alpha value is -5.09. The van der Waals surface area contributed by atoms with E-state index in [4.69, 9.17) is 33.7 Å². The number of anilines is 2. The van der Waals surface area contributed by atoms with E-state index in [9.17, 15) is 14.4 Å². The van der Waals surface area contributed by atoms with E-state index < -0.39 is 5.60 Å². The normalized spacial score (nSPS) is 15.6. The number of carbonyl (C=O) groups is 3. The van der Waals surface area contributed by atoms with Crippen molar-refractivity contribution in [2.24, 2.45) is 0 Å². The molecule has 2 atom stereocenters. The third-order valence-corrected chi connectivity index (χ3v) is 16.6. The smallest absolute Gasteiger partial charge is 0.410 e. The van der Waals surface area contributed by atoms with Gasteiger partial charge in [-0.05, 0) is 78.0 Å². The van der Waals surface area contributed by atoms with Gasteiger partial charge in [0.25, 0.3) is 0 Å². The first-order chi connectivity index (χ1) is 33.2. The molecule has 16 nitrogen and oxygen atoms in total. The summed E-state index contributed by atoms with van der Waals surface area (Å²) in [5, 5.41) is 20.0. The van der Waals surface area contributed by atoms with Gasteiger partial charge in [-0.3, -0.25) is 9.59 Å². The summed E-state index contributed by atoms with van der Waals surface area (Å²) < 4.78 is 29.8. The Morgan fingerprint density at radius 2 is 1.22 bits per heavy atom. The van der Waals surface area contributed by atoms with E-state index in [1.165, 1.54) is 21.8 Å². The number of hydrogen-bond acceptors (Lipinski definition) is 17. The van der Waals surface area contributed by atoms with Crippen LogP contribution in [0.2, 0.25) is 0 Å². The topological polar surface area (TPSA) is 187 Å². The van der Waals surface area contributed by atoms with E-state index in [-0.39, 0.29) is 31.5 Å². The van der Waals surface area contributed by atoms with E-state index >= 15 is 0 Å². The molecule has 4 aromatic heterocycles. The van der Waals surface area contributed by atoms with E-state index in [2.05, 4.69) is 54.3 Å². The maximum atomic E-state index is 12.9. The summed E-state index contributed by atoms with van der Waals surface area (Å²) in [6.07, 6.45) is 4.15. The summed E-state index contributed by atoms with van der Waals surface area (Å²) in [5.41, 5.74) is 5.62. The number of fused-ring (bicyclic) bond motifs is 6. The molecule has 2 aromatic carbocycles. The van der Waals surface area contributed by atoms with Gasteiger partial charge < -0.3 is 55.2 Å². The highest BCUT2D eigenvalue weighted by Gasteiger charge is 2.32. The van der Waals surface area contributed by atoms with Crippen molar-refractivity contribution in [3.63, 3.8) is 0 Å². The molecule has 20 heteroatoms. The third kappa shape index (κ3) is 11.3. The molecular formula is C49H60N8O8S4. The van der Waals surface area contributed by atoms with Crippen LogP contribution in [0, 0.1) is 0 Å². The molecule has 0 fully saturated rings. The van der Waals surface area contributed by atoms with Crippen LogP contribution >= 0.6 is 45.3 Å². The fourth-order valence-corrected chi connectivity index (χ4v) is 13.0. The zero-order valence-electron chi connectivity index (χ0n) is 40.1. The SMILES string of the molecule is CCC(C)NCCC(=O)Nc1sc2c(c1-c1nc3cc4c(cc3s1)OCO4)CCN(C(=O)OC(C)(C)C)C2.CCC(C)NCCC(=O)Nc1sc2c(c1-c1nc3cc4c(cc3s1)OCO4)CCNC2. The lowest BCUT2D eigenvalue weighted by atomic mass is 10.0. The highest BCUT2D eigenvalue weighted by atomic mass is 32.1. The Labute approximate surface area is 417 Å². The second-order valence-corrected chi connectivity index (χ2v) is 22.8. The first-order valence-electron chi connectivity index (χ1n) is 23.7. The molecule has 10 rings (SSSR count). The van der Waals surface area contributed by atoms with Gasteiger partial charge in [-0.2, -0.15) is 0 Å². The van der Waals surface area contributed by atoms with Crippen molar-refractivity contribution in [1.29, 1.82) is 0 Å². The molecule has 368 valence electrons. The lowest BCUT2D eigenvalue weighted by Gasteiger charge is -2.30. The Kier molecular flexibility index (Phi) is 15.0. The van der Waals surface area contributed by atoms with Crippen molar-refractivity contribution in [3.8, 4) is 44.1 Å². The standard InChI is InChI=1S/C27H34N4O5S2.C22H26N4O3S2/c1-6-15(2)28-9-7-22(32)30-25-23(24-29-17-11-18-19(35-14-34-18)12-20(17)37-24)16-8-10-31(13-21(16)38-25)26(33)36-27(3,4)5;1-3-12(2)24-7-5-19(27)26-22-20(13-4-6-23-10-18(13)31-22)21-25-14-8-15-16(29-11-28-15)9-17(14)30-21/h11-12,15,28H,6-10,13-14H2,1-5H3,(H,30,32);8-9,12,23-24H,3-7,10-11H2,1-2H3,(H,26,27). The molecule has 69 heavy (non-hydrogen) atoms. The second kappa shape index (κ2) is 21.1. The van der Waals surface area contributed by atoms with Gasteiger partial charge in [0.05, 0.1) is 27.0 Å². The zero-order valence-corrected chi connectivity index (χ0v) is 43.4. The van der Waals surface area contributed by atoms with Crippen molar-refractivity contribution >= 4 is 93.7 Å². The van der Waals surface area contributed by atoms with Crippen LogP contribution in [0.25, 0.3) is 41.6 Å². The van der Waals surface area contributed by atoms with Crippen LogP contribution in [0.15, 0.2) is 24.3 Å². The number of nitrogens with one attached hydrogen (secondary N) is 5. The minimum Gasteiger partial charge on any atom is -0.454 e. The average Bonchev–Trinajstić information content (AvgIpc) is 4.18. The molecule has 0 radical (unpaired) electrons. The van der Waals surface area contributed by atoms with Crippen LogP contribution in [-0.4, -0.2) is 90.2 Å². The van der Waals surface area contributed by atoms with Crippen LogP contribution in [0.5, 0.6) is 23.0 Å². The minimum absolute atomic E-state index is 0.0329. The first-order valence-corrected chi connectivity index (χ1v) is 26.9. The van der Waals surface area contributed by atoms with Crippen LogP contribution in [0.4, 0.5) is 14.8 Å². The zero-order chi connectivity index (χ0) is 48.4. The van der Waals surface area contributed by atoms with Crippen molar-refractivity contribution < 1.29 is 38.1 Å². The number of rotatable bonds is 14. The van der Waals surface area contributed by atoms with Crippen molar-refractivity contribution in [1.82, 2.24) is 30.8 Å². The molecular weight excluding hydrogens is 957 g/mol. The summed E-state index contributed by atoms with van der Waals surface area (Å²) in [4.78, 5) is 52.3. The van der Waals surface area contributed by atoms with Gasteiger partial charge in [-0.1, -0.05) is 13.8 Å². The second-order valence-electron chi connectivity index (χ2n) is 18.5. The quantitative estimate of drug-likeness (QED) is 0.0695. The van der Waals surface area contributed by atoms with Gasteiger partial charge in [0.1, 0.15) is 25.6 Å². The molecule has 8 heterocycles. The number of amides is 3. The summed E-state index contributed by atoms with van der Waals surface area (Å²) >= 11 is 6.38. The van der Waals surface area contributed by atoms with Crippen molar-refractivity contribution in [3.05, 3.63) is 45.1 Å². The maximum Gasteiger partial charge on any atom is 0.410 e. The third-order valence-electron chi connectivity index (χ3n) is 12.3. The monoisotopic (exact) mass is 1020 g/mol. The molecule has 6 aromatic rings. The average molecular weight is 1020 g/mol. The number of ether oxygens (including phenoxy) is 5. The predicted octanol–water partition coefficient (Wildman–Crippen LogP) is 9.88. The first kappa shape index (κ1) is 48.9. The van der Waals surface area contributed by atoms with Crippen LogP contribution < -0.4 is 45.5 Å². The Morgan fingerprint density at radius 3 is 1.72 bits per heavy atom. The largest absolute Gasteiger partial charge is 0.454 e. The minimum atomic E-state index is -0.560. The van der Waals surface area contributed by atoms with Crippen molar-refractivity contribution in [2.75, 3.05) is 50.4 Å². The van der Waals surface area contributed by atoms with Gasteiger partial charge in [0, 0.05) is 96.3 Å². The number of thiazole rings is 2. The van der Waals surface area contributed by atoms with Gasteiger partial charge in [0.2, 0.25) is 25.4 Å². The van der Waals surface area contributed by atoms with Gasteiger partial charge in [-0.15, -0.1) is 45.3 Å². The summed E-state index contributed by atoms with van der Waals surface area (Å²) in [7, 11) is 0.